The first kappa shape index (κ1) is 16.6. The Kier molecular flexibility index (Phi) is 5.54. The topological polar surface area (TPSA) is 58.1 Å². The molecule has 1 fully saturated rings. The number of pyridine rings is 2. The van der Waals surface area contributed by atoms with Gasteiger partial charge in [0.05, 0.1) is 0 Å². The van der Waals surface area contributed by atoms with Crippen molar-refractivity contribution in [1.29, 1.82) is 0 Å². The minimum Gasteiger partial charge on any atom is -0.356 e. The van der Waals surface area contributed by atoms with Gasteiger partial charge in [-0.15, -0.1) is 0 Å². The zero-order valence-electron chi connectivity index (χ0n) is 14.1. The minimum atomic E-state index is 0.0974. The van der Waals surface area contributed by atoms with Crippen molar-refractivity contribution in [2.24, 2.45) is 5.92 Å². The summed E-state index contributed by atoms with van der Waals surface area (Å²) in [5, 5.41) is 3.10. The van der Waals surface area contributed by atoms with Crippen LogP contribution in [0.15, 0.2) is 48.9 Å². The minimum absolute atomic E-state index is 0.0974. The van der Waals surface area contributed by atoms with Gasteiger partial charge in [0.25, 0.3) is 0 Å². The Hall–Kier alpha value is -2.27. The van der Waals surface area contributed by atoms with Gasteiger partial charge in [0.15, 0.2) is 0 Å². The average molecular weight is 324 g/mol. The largest absolute Gasteiger partial charge is 0.356 e. The lowest BCUT2D eigenvalue weighted by Gasteiger charge is -2.25. The van der Waals surface area contributed by atoms with Crippen molar-refractivity contribution in [3.8, 4) is 0 Å². The molecular weight excluding hydrogens is 300 g/mol. The summed E-state index contributed by atoms with van der Waals surface area (Å²) in [6.07, 6.45) is 7.76. The molecule has 2 aromatic heterocycles. The SMILES string of the molecule is CN1CC[C@@H](CNC(=O)CCc2ccccn2)[C@@H]1c1cccnc1. The Morgan fingerprint density at radius 2 is 2.21 bits per heavy atom. The van der Waals surface area contributed by atoms with E-state index in [9.17, 15) is 4.79 Å². The lowest BCUT2D eigenvalue weighted by Crippen LogP contribution is -2.32. The number of carbonyl (C=O) groups is 1. The summed E-state index contributed by atoms with van der Waals surface area (Å²) in [6.45, 7) is 1.76. The standard InChI is InChI=1S/C19H24N4O/c1-23-12-9-16(19(23)15-5-4-10-20-13-15)14-22-18(24)8-7-17-6-2-3-11-21-17/h2-6,10-11,13,16,19H,7-9,12,14H2,1H3,(H,22,24)/t16-,19-/m0/s1. The van der Waals surface area contributed by atoms with Crippen LogP contribution in [0, 0.1) is 5.92 Å². The number of aromatic nitrogens is 2. The molecule has 1 N–H and O–H groups in total. The highest BCUT2D eigenvalue weighted by Crippen LogP contribution is 2.35. The number of amides is 1. The first-order valence-corrected chi connectivity index (χ1v) is 8.51. The van der Waals surface area contributed by atoms with Crippen molar-refractivity contribution in [3.05, 3.63) is 60.2 Å². The third-order valence-corrected chi connectivity index (χ3v) is 4.70. The fourth-order valence-electron chi connectivity index (χ4n) is 3.44. The summed E-state index contributed by atoms with van der Waals surface area (Å²) in [5.74, 6) is 0.526. The number of hydrogen-bond donors (Lipinski definition) is 1. The van der Waals surface area contributed by atoms with Crippen molar-refractivity contribution >= 4 is 5.91 Å². The van der Waals surface area contributed by atoms with Crippen LogP contribution in [0.3, 0.4) is 0 Å². The van der Waals surface area contributed by atoms with Gasteiger partial charge >= 0.3 is 0 Å². The van der Waals surface area contributed by atoms with Gasteiger partial charge in [-0.3, -0.25) is 19.7 Å². The number of aryl methyl sites for hydroxylation is 1. The second kappa shape index (κ2) is 8.02. The first-order chi connectivity index (χ1) is 11.7. The van der Waals surface area contributed by atoms with Gasteiger partial charge in [0.2, 0.25) is 5.91 Å². The molecule has 0 aliphatic carbocycles. The molecule has 0 unspecified atom stereocenters. The molecule has 0 saturated carbocycles. The highest BCUT2D eigenvalue weighted by Gasteiger charge is 2.33. The molecule has 126 valence electrons. The molecule has 2 atom stereocenters. The Morgan fingerprint density at radius 1 is 1.29 bits per heavy atom. The van der Waals surface area contributed by atoms with E-state index >= 15 is 0 Å². The van der Waals surface area contributed by atoms with Crippen LogP contribution in [0.25, 0.3) is 0 Å². The van der Waals surface area contributed by atoms with Crippen molar-refractivity contribution in [1.82, 2.24) is 20.2 Å². The molecule has 1 amide bonds. The zero-order chi connectivity index (χ0) is 16.8. The molecule has 3 rings (SSSR count). The van der Waals surface area contributed by atoms with Crippen molar-refractivity contribution < 1.29 is 4.79 Å². The maximum Gasteiger partial charge on any atom is 0.220 e. The molecule has 1 aliphatic heterocycles. The quantitative estimate of drug-likeness (QED) is 0.885. The van der Waals surface area contributed by atoms with Gasteiger partial charge in [-0.1, -0.05) is 12.1 Å². The van der Waals surface area contributed by atoms with Crippen LogP contribution < -0.4 is 5.32 Å². The van der Waals surface area contributed by atoms with Gasteiger partial charge in [-0.25, -0.2) is 0 Å². The maximum absolute atomic E-state index is 12.1. The zero-order valence-corrected chi connectivity index (χ0v) is 14.1. The molecule has 5 heteroatoms. The van der Waals surface area contributed by atoms with Crippen LogP contribution in [0.2, 0.25) is 0 Å². The average Bonchev–Trinajstić information content (AvgIpc) is 3.00. The van der Waals surface area contributed by atoms with Crippen LogP contribution in [-0.4, -0.2) is 40.9 Å². The molecule has 0 radical (unpaired) electrons. The van der Waals surface area contributed by atoms with E-state index in [1.54, 1.807) is 12.4 Å². The molecule has 1 saturated heterocycles. The summed E-state index contributed by atoms with van der Waals surface area (Å²) < 4.78 is 0. The van der Waals surface area contributed by atoms with Gasteiger partial charge in [0, 0.05) is 43.3 Å². The third kappa shape index (κ3) is 4.17. The van der Waals surface area contributed by atoms with Crippen molar-refractivity contribution in [2.45, 2.75) is 25.3 Å². The summed E-state index contributed by atoms with van der Waals surface area (Å²) in [7, 11) is 2.14. The van der Waals surface area contributed by atoms with E-state index in [1.165, 1.54) is 5.56 Å². The molecule has 5 nitrogen and oxygen atoms in total. The predicted molar refractivity (Wildman–Crippen MR) is 93.3 cm³/mol. The van der Waals surface area contributed by atoms with Crippen LogP contribution in [0.4, 0.5) is 0 Å². The highest BCUT2D eigenvalue weighted by molar-refractivity contribution is 5.76. The Balaban J connectivity index is 1.51. The van der Waals surface area contributed by atoms with Gasteiger partial charge in [-0.2, -0.15) is 0 Å². The summed E-state index contributed by atoms with van der Waals surface area (Å²) in [5.41, 5.74) is 2.19. The van der Waals surface area contributed by atoms with E-state index in [4.69, 9.17) is 0 Å². The second-order valence-corrected chi connectivity index (χ2v) is 6.39. The van der Waals surface area contributed by atoms with E-state index < -0.39 is 0 Å². The normalized spacial score (nSPS) is 20.9. The number of nitrogens with one attached hydrogen (secondary N) is 1. The Morgan fingerprint density at radius 3 is 2.96 bits per heavy atom. The van der Waals surface area contributed by atoms with Crippen molar-refractivity contribution in [2.75, 3.05) is 20.1 Å². The maximum atomic E-state index is 12.1. The summed E-state index contributed by atoms with van der Waals surface area (Å²) in [6, 6.07) is 10.2. The number of hydrogen-bond acceptors (Lipinski definition) is 4. The van der Waals surface area contributed by atoms with Crippen LogP contribution in [0.1, 0.15) is 30.1 Å². The third-order valence-electron chi connectivity index (χ3n) is 4.70. The smallest absolute Gasteiger partial charge is 0.220 e. The Bertz CT molecular complexity index is 647. The predicted octanol–water partition coefficient (Wildman–Crippen LogP) is 2.22. The van der Waals surface area contributed by atoms with Gasteiger partial charge in [-0.05, 0) is 56.1 Å². The first-order valence-electron chi connectivity index (χ1n) is 8.51. The van der Waals surface area contributed by atoms with Crippen molar-refractivity contribution in [3.63, 3.8) is 0 Å². The molecule has 2 aromatic rings. The monoisotopic (exact) mass is 324 g/mol. The number of likely N-dealkylation sites (tertiary alicyclic amines) is 1. The summed E-state index contributed by atoms with van der Waals surface area (Å²) >= 11 is 0. The fraction of sp³-hybridized carbons (Fsp3) is 0.421. The van der Waals surface area contributed by atoms with E-state index in [0.717, 1.165) is 18.7 Å². The molecule has 0 aromatic carbocycles. The molecule has 3 heterocycles. The van der Waals surface area contributed by atoms with E-state index in [2.05, 4.69) is 33.3 Å². The lowest BCUT2D eigenvalue weighted by atomic mass is 9.94. The number of rotatable bonds is 6. The van der Waals surface area contributed by atoms with E-state index in [-0.39, 0.29) is 5.91 Å². The molecule has 0 bridgehead atoms. The molecule has 24 heavy (non-hydrogen) atoms. The second-order valence-electron chi connectivity index (χ2n) is 6.39. The Labute approximate surface area is 143 Å². The lowest BCUT2D eigenvalue weighted by molar-refractivity contribution is -0.121. The highest BCUT2D eigenvalue weighted by atomic mass is 16.1. The van der Waals surface area contributed by atoms with Crippen LogP contribution in [-0.2, 0) is 11.2 Å². The van der Waals surface area contributed by atoms with E-state index in [1.807, 2.05) is 30.5 Å². The molecule has 0 spiro atoms. The number of nitrogens with zero attached hydrogens (tertiary/aromatic N) is 3. The van der Waals surface area contributed by atoms with E-state index in [0.29, 0.717) is 31.3 Å². The van der Waals surface area contributed by atoms with Gasteiger partial charge in [0.1, 0.15) is 0 Å². The number of carbonyl (C=O) groups excluding carboxylic acids is 1. The summed E-state index contributed by atoms with van der Waals surface area (Å²) in [4.78, 5) is 23.0. The molecule has 1 aliphatic rings. The van der Waals surface area contributed by atoms with Crippen LogP contribution in [0.5, 0.6) is 0 Å². The fourth-order valence-corrected chi connectivity index (χ4v) is 3.44. The van der Waals surface area contributed by atoms with Gasteiger partial charge < -0.3 is 5.32 Å². The van der Waals surface area contributed by atoms with Crippen LogP contribution >= 0.6 is 0 Å². The molecular formula is C19H24N4O.